The normalized spacial score (nSPS) is 30.9. The van der Waals surface area contributed by atoms with Crippen LogP contribution in [0.15, 0.2) is 24.3 Å². The van der Waals surface area contributed by atoms with Crippen molar-refractivity contribution in [2.75, 3.05) is 36.8 Å². The molecular weight excluding hydrogens is 367 g/mol. The summed E-state index contributed by atoms with van der Waals surface area (Å²) >= 11 is 0. The molecule has 3 aliphatic rings. The van der Waals surface area contributed by atoms with E-state index in [0.29, 0.717) is 50.6 Å². The first kappa shape index (κ1) is 18.9. The highest BCUT2D eigenvalue weighted by molar-refractivity contribution is 7.89. The highest BCUT2D eigenvalue weighted by Gasteiger charge is 2.65. The highest BCUT2D eigenvalue weighted by atomic mass is 32.2. The van der Waals surface area contributed by atoms with Gasteiger partial charge in [-0.1, -0.05) is 26.0 Å². The van der Waals surface area contributed by atoms with Crippen molar-refractivity contribution in [1.82, 2.24) is 4.31 Å². The SMILES string of the molecule is CC1(C)[C@@H]2CC[C@@]1(CS(=O)(=O)N1CCN(c3ccccc3F)CC1)C(=O)C2. The summed E-state index contributed by atoms with van der Waals surface area (Å²) in [5.74, 6) is 0.0561. The molecule has 5 nitrogen and oxygen atoms in total. The number of piperazine rings is 1. The molecule has 1 aliphatic heterocycles. The Morgan fingerprint density at radius 3 is 2.37 bits per heavy atom. The summed E-state index contributed by atoms with van der Waals surface area (Å²) in [6.07, 6.45) is 2.14. The fourth-order valence-electron chi connectivity index (χ4n) is 5.43. The molecular formula is C20H27FN2O3S. The molecule has 1 heterocycles. The number of benzene rings is 1. The van der Waals surface area contributed by atoms with Crippen LogP contribution < -0.4 is 4.90 Å². The van der Waals surface area contributed by atoms with Crippen LogP contribution in [0.1, 0.15) is 33.1 Å². The fraction of sp³-hybridized carbons (Fsp3) is 0.650. The lowest BCUT2D eigenvalue weighted by atomic mass is 9.70. The number of carbonyl (C=O) groups excluding carboxylic acids is 1. The lowest BCUT2D eigenvalue weighted by Gasteiger charge is -2.40. The Labute approximate surface area is 160 Å². The number of ketones is 1. The van der Waals surface area contributed by atoms with Crippen LogP contribution in [0.2, 0.25) is 0 Å². The summed E-state index contributed by atoms with van der Waals surface area (Å²) in [4.78, 5) is 14.6. The van der Waals surface area contributed by atoms with Crippen LogP contribution in [0, 0.1) is 22.6 Å². The van der Waals surface area contributed by atoms with Gasteiger partial charge in [0.1, 0.15) is 11.6 Å². The Balaban J connectivity index is 1.48. The molecule has 0 N–H and O–H groups in total. The average molecular weight is 395 g/mol. The predicted octanol–water partition coefficient (Wildman–Crippen LogP) is 2.67. The molecule has 1 aromatic rings. The van der Waals surface area contributed by atoms with E-state index < -0.39 is 15.4 Å². The summed E-state index contributed by atoms with van der Waals surface area (Å²) in [5, 5.41) is 0. The van der Waals surface area contributed by atoms with Gasteiger partial charge in [0.2, 0.25) is 10.0 Å². The topological polar surface area (TPSA) is 57.7 Å². The Morgan fingerprint density at radius 1 is 1.15 bits per heavy atom. The first-order valence-electron chi connectivity index (χ1n) is 9.68. The van der Waals surface area contributed by atoms with Crippen molar-refractivity contribution in [2.24, 2.45) is 16.7 Å². The zero-order valence-electron chi connectivity index (χ0n) is 15.9. The summed E-state index contributed by atoms with van der Waals surface area (Å²) in [6, 6.07) is 6.57. The molecule has 27 heavy (non-hydrogen) atoms. The van der Waals surface area contributed by atoms with Gasteiger partial charge < -0.3 is 4.90 Å². The zero-order valence-corrected chi connectivity index (χ0v) is 16.8. The van der Waals surface area contributed by atoms with Crippen LogP contribution in [0.3, 0.4) is 0 Å². The zero-order chi connectivity index (χ0) is 19.4. The molecule has 0 unspecified atom stereocenters. The summed E-state index contributed by atoms with van der Waals surface area (Å²) in [5.41, 5.74) is -0.482. The number of nitrogens with zero attached hydrogens (tertiary/aromatic N) is 2. The minimum absolute atomic E-state index is 0.0813. The van der Waals surface area contributed by atoms with Gasteiger partial charge in [0.05, 0.1) is 11.4 Å². The van der Waals surface area contributed by atoms with E-state index in [2.05, 4.69) is 13.8 Å². The molecule has 2 atom stereocenters. The maximum atomic E-state index is 14.0. The van der Waals surface area contributed by atoms with E-state index in [-0.39, 0.29) is 22.8 Å². The lowest BCUT2D eigenvalue weighted by molar-refractivity contribution is -0.128. The number of anilines is 1. The summed E-state index contributed by atoms with van der Waals surface area (Å²) in [7, 11) is -3.54. The van der Waals surface area contributed by atoms with Crippen molar-refractivity contribution in [3.05, 3.63) is 30.1 Å². The molecule has 4 rings (SSSR count). The van der Waals surface area contributed by atoms with Crippen molar-refractivity contribution in [3.63, 3.8) is 0 Å². The molecule has 0 amide bonds. The Bertz CT molecular complexity index is 862. The van der Waals surface area contributed by atoms with E-state index >= 15 is 0 Å². The second-order valence-electron chi connectivity index (χ2n) is 8.76. The van der Waals surface area contributed by atoms with Crippen molar-refractivity contribution in [1.29, 1.82) is 0 Å². The highest BCUT2D eigenvalue weighted by Crippen LogP contribution is 2.64. The molecule has 0 aromatic heterocycles. The van der Waals surface area contributed by atoms with Crippen molar-refractivity contribution in [3.8, 4) is 0 Å². The van der Waals surface area contributed by atoms with Crippen molar-refractivity contribution >= 4 is 21.5 Å². The maximum absolute atomic E-state index is 14.0. The van der Waals surface area contributed by atoms with Gasteiger partial charge in [-0.25, -0.2) is 12.8 Å². The quantitative estimate of drug-likeness (QED) is 0.788. The number of hydrogen-bond acceptors (Lipinski definition) is 4. The van der Waals surface area contributed by atoms with E-state index in [4.69, 9.17) is 0 Å². The van der Waals surface area contributed by atoms with E-state index in [9.17, 15) is 17.6 Å². The van der Waals surface area contributed by atoms with E-state index in [1.54, 1.807) is 18.2 Å². The minimum atomic E-state index is -3.54. The Kier molecular flexibility index (Phi) is 4.38. The van der Waals surface area contributed by atoms with Gasteiger partial charge in [-0.05, 0) is 36.3 Å². The second kappa shape index (κ2) is 6.27. The van der Waals surface area contributed by atoms with Gasteiger partial charge in [0.25, 0.3) is 0 Å². The van der Waals surface area contributed by atoms with Gasteiger partial charge in [0, 0.05) is 38.0 Å². The number of sulfonamides is 1. The molecule has 1 saturated heterocycles. The molecule has 7 heteroatoms. The monoisotopic (exact) mass is 394 g/mol. The molecule has 148 valence electrons. The molecule has 2 aliphatic carbocycles. The number of halogens is 1. The first-order chi connectivity index (χ1) is 12.7. The third kappa shape index (κ3) is 2.81. The van der Waals surface area contributed by atoms with Crippen LogP contribution >= 0.6 is 0 Å². The average Bonchev–Trinajstić information content (AvgIpc) is 2.96. The molecule has 2 saturated carbocycles. The number of rotatable bonds is 4. The van der Waals surface area contributed by atoms with Gasteiger partial charge >= 0.3 is 0 Å². The van der Waals surface area contributed by atoms with Gasteiger partial charge in [-0.2, -0.15) is 4.31 Å². The van der Waals surface area contributed by atoms with Crippen LogP contribution in [0.4, 0.5) is 10.1 Å². The Hall–Kier alpha value is -1.47. The molecule has 3 fully saturated rings. The Morgan fingerprint density at radius 2 is 1.81 bits per heavy atom. The van der Waals surface area contributed by atoms with Crippen LogP contribution in [0.5, 0.6) is 0 Å². The van der Waals surface area contributed by atoms with Gasteiger partial charge in [0.15, 0.2) is 0 Å². The smallest absolute Gasteiger partial charge is 0.215 e. The van der Waals surface area contributed by atoms with E-state index in [0.717, 1.165) is 6.42 Å². The largest absolute Gasteiger partial charge is 0.367 e. The van der Waals surface area contributed by atoms with Crippen molar-refractivity contribution in [2.45, 2.75) is 33.1 Å². The number of para-hydroxylation sites is 1. The molecule has 0 radical (unpaired) electrons. The van der Waals surface area contributed by atoms with Gasteiger partial charge in [-0.3, -0.25) is 4.79 Å². The third-order valence-electron chi connectivity index (χ3n) is 7.39. The number of carbonyl (C=O) groups is 1. The van der Waals surface area contributed by atoms with Crippen molar-refractivity contribution < 1.29 is 17.6 Å². The third-order valence-corrected chi connectivity index (χ3v) is 9.40. The summed E-state index contributed by atoms with van der Waals surface area (Å²) < 4.78 is 41.8. The number of fused-ring (bicyclic) bond motifs is 2. The van der Waals surface area contributed by atoms with Crippen LogP contribution in [0.25, 0.3) is 0 Å². The van der Waals surface area contributed by atoms with E-state index in [1.165, 1.54) is 10.4 Å². The molecule has 1 aromatic carbocycles. The van der Waals surface area contributed by atoms with Crippen LogP contribution in [-0.4, -0.2) is 50.4 Å². The number of Topliss-reactive ketones (excluding diaryl/α,β-unsaturated/α-hetero) is 1. The first-order valence-corrected chi connectivity index (χ1v) is 11.3. The molecule has 0 spiro atoms. The van der Waals surface area contributed by atoms with Crippen LogP contribution in [-0.2, 0) is 14.8 Å². The maximum Gasteiger partial charge on any atom is 0.215 e. The number of hydrogen-bond donors (Lipinski definition) is 0. The molecule has 2 bridgehead atoms. The van der Waals surface area contributed by atoms with Gasteiger partial charge in [-0.15, -0.1) is 0 Å². The van der Waals surface area contributed by atoms with E-state index in [1.807, 2.05) is 4.90 Å². The standard InChI is InChI=1S/C20H27FN2O3S/c1-19(2)15-7-8-20(19,18(24)13-15)14-27(25,26)23-11-9-22(10-12-23)17-6-4-3-5-16(17)21/h3-6,15H,7-14H2,1-2H3/t15-,20-/m1/s1. The predicted molar refractivity (Wildman–Crippen MR) is 103 cm³/mol. The lowest BCUT2D eigenvalue weighted by Crippen LogP contribution is -2.53. The minimum Gasteiger partial charge on any atom is -0.367 e. The fourth-order valence-corrected chi connectivity index (χ4v) is 7.63. The second-order valence-corrected chi connectivity index (χ2v) is 10.7. The summed E-state index contributed by atoms with van der Waals surface area (Å²) in [6.45, 7) is 5.66.